The van der Waals surface area contributed by atoms with Gasteiger partial charge < -0.3 is 5.73 Å². The summed E-state index contributed by atoms with van der Waals surface area (Å²) < 4.78 is 23.0. The van der Waals surface area contributed by atoms with Gasteiger partial charge in [0.1, 0.15) is 6.33 Å². The molecule has 7 heteroatoms. The molecule has 2 N–H and O–H groups in total. The van der Waals surface area contributed by atoms with E-state index in [-0.39, 0.29) is 6.42 Å². The molecule has 1 aromatic heterocycles. The van der Waals surface area contributed by atoms with Crippen LogP contribution in [-0.2, 0) is 21.2 Å². The Balaban J connectivity index is 2.74. The van der Waals surface area contributed by atoms with Gasteiger partial charge in [0, 0.05) is 12.6 Å². The fourth-order valence-corrected chi connectivity index (χ4v) is 1.44. The number of rotatable bonds is 4. The van der Waals surface area contributed by atoms with E-state index in [9.17, 15) is 13.2 Å². The highest BCUT2D eigenvalue weighted by atomic mass is 32.2. The predicted molar refractivity (Wildman–Crippen MR) is 50.0 cm³/mol. The number of hydrogen-bond donors (Lipinski definition) is 1. The molecule has 0 spiro atoms. The van der Waals surface area contributed by atoms with Crippen LogP contribution in [0.1, 0.15) is 12.1 Å². The Labute approximate surface area is 81.8 Å². The molecule has 0 bridgehead atoms. The molecule has 6 nitrogen and oxygen atoms in total. The van der Waals surface area contributed by atoms with Crippen LogP contribution in [0.25, 0.3) is 0 Å². The lowest BCUT2D eigenvalue weighted by atomic mass is 10.2. The van der Waals surface area contributed by atoms with Gasteiger partial charge in [-0.1, -0.05) is 0 Å². The first-order valence-electron chi connectivity index (χ1n) is 3.91. The smallest absolute Gasteiger partial charge is 0.236 e. The second kappa shape index (κ2) is 3.79. The average molecular weight is 217 g/mol. The number of aryl methyl sites for hydroxylation is 1. The fourth-order valence-electron chi connectivity index (χ4n) is 0.906. The van der Waals surface area contributed by atoms with Crippen LogP contribution in [0.15, 0.2) is 12.5 Å². The zero-order valence-corrected chi connectivity index (χ0v) is 8.49. The van der Waals surface area contributed by atoms with Crippen molar-refractivity contribution in [3.63, 3.8) is 0 Å². The molecular formula is C7H11N3O3S. The van der Waals surface area contributed by atoms with Crippen LogP contribution in [0.2, 0.25) is 0 Å². The van der Waals surface area contributed by atoms with Gasteiger partial charge in [0.15, 0.2) is 0 Å². The Morgan fingerprint density at radius 3 is 2.71 bits per heavy atom. The molecule has 0 atom stereocenters. The lowest BCUT2D eigenvalue weighted by molar-refractivity contribution is -0.118. The first kappa shape index (κ1) is 10.7. The predicted octanol–water partition coefficient (Wildman–Crippen LogP) is -0.891. The molecule has 14 heavy (non-hydrogen) atoms. The summed E-state index contributed by atoms with van der Waals surface area (Å²) in [6, 6.07) is 0. The monoisotopic (exact) mass is 217 g/mol. The van der Waals surface area contributed by atoms with E-state index in [1.54, 1.807) is 0 Å². The van der Waals surface area contributed by atoms with E-state index in [0.29, 0.717) is 12.1 Å². The summed E-state index contributed by atoms with van der Waals surface area (Å²) in [7, 11) is -3.28. The molecule has 0 aliphatic heterocycles. The van der Waals surface area contributed by atoms with E-state index in [0.717, 1.165) is 10.2 Å². The molecule has 0 unspecified atom stereocenters. The number of carbonyl (C=O) groups excluding carboxylic acids is 1. The second-order valence-corrected chi connectivity index (χ2v) is 4.81. The van der Waals surface area contributed by atoms with E-state index < -0.39 is 15.9 Å². The number of nitrogens with zero attached hydrogens (tertiary/aromatic N) is 2. The second-order valence-electron chi connectivity index (χ2n) is 2.92. The summed E-state index contributed by atoms with van der Waals surface area (Å²) in [5.74, 6) is -0.432. The highest BCUT2D eigenvalue weighted by Gasteiger charge is 2.07. The molecule has 0 aromatic carbocycles. The lowest BCUT2D eigenvalue weighted by Crippen LogP contribution is -2.11. The molecule has 1 amide bonds. The number of imidazole rings is 1. The summed E-state index contributed by atoms with van der Waals surface area (Å²) >= 11 is 0. The molecule has 78 valence electrons. The van der Waals surface area contributed by atoms with Crippen molar-refractivity contribution in [1.82, 2.24) is 8.96 Å². The maximum atomic E-state index is 11.0. The van der Waals surface area contributed by atoms with E-state index in [1.165, 1.54) is 12.5 Å². The standard InChI is InChI=1S/C7H11N3O3S/c1-14(12,13)10-4-6(9-5-10)2-3-7(8)11/h4-5H,2-3H2,1H3,(H2,8,11). The van der Waals surface area contributed by atoms with Crippen LogP contribution in [-0.4, -0.2) is 29.5 Å². The highest BCUT2D eigenvalue weighted by Crippen LogP contribution is 2.02. The maximum absolute atomic E-state index is 11.0. The average Bonchev–Trinajstić information content (AvgIpc) is 2.47. The molecule has 1 aromatic rings. The summed E-state index contributed by atoms with van der Waals surface area (Å²) in [6.07, 6.45) is 4.18. The Hall–Kier alpha value is -1.37. The van der Waals surface area contributed by atoms with Crippen LogP contribution in [0.4, 0.5) is 0 Å². The SMILES string of the molecule is CS(=O)(=O)n1cnc(CCC(N)=O)c1. The third kappa shape index (κ3) is 2.84. The Morgan fingerprint density at radius 2 is 2.29 bits per heavy atom. The van der Waals surface area contributed by atoms with Crippen molar-refractivity contribution < 1.29 is 13.2 Å². The number of carbonyl (C=O) groups is 1. The number of hydrogen-bond acceptors (Lipinski definition) is 4. The van der Waals surface area contributed by atoms with Crippen LogP contribution in [0, 0.1) is 0 Å². The van der Waals surface area contributed by atoms with Gasteiger partial charge in [-0.15, -0.1) is 0 Å². The summed E-state index contributed by atoms with van der Waals surface area (Å²) in [5, 5.41) is 0. The normalized spacial score (nSPS) is 11.5. The molecule has 0 saturated heterocycles. The third-order valence-corrected chi connectivity index (χ3v) is 2.59. The molecular weight excluding hydrogens is 206 g/mol. The van der Waals surface area contributed by atoms with Gasteiger partial charge in [0.05, 0.1) is 11.9 Å². The van der Waals surface area contributed by atoms with Gasteiger partial charge in [-0.3, -0.25) is 4.79 Å². The van der Waals surface area contributed by atoms with Gasteiger partial charge in [0.25, 0.3) is 0 Å². The quantitative estimate of drug-likeness (QED) is 0.707. The zero-order valence-electron chi connectivity index (χ0n) is 7.67. The minimum atomic E-state index is -3.28. The van der Waals surface area contributed by atoms with Crippen molar-refractivity contribution in [1.29, 1.82) is 0 Å². The minimum Gasteiger partial charge on any atom is -0.370 e. The molecule has 1 rings (SSSR count). The number of amides is 1. The van der Waals surface area contributed by atoms with E-state index >= 15 is 0 Å². The molecule has 0 radical (unpaired) electrons. The van der Waals surface area contributed by atoms with Crippen LogP contribution in [0.5, 0.6) is 0 Å². The third-order valence-electron chi connectivity index (χ3n) is 1.62. The Kier molecular flexibility index (Phi) is 2.90. The van der Waals surface area contributed by atoms with Crippen LogP contribution >= 0.6 is 0 Å². The number of primary amides is 1. The maximum Gasteiger partial charge on any atom is 0.236 e. The van der Waals surface area contributed by atoms with Gasteiger partial charge in [-0.25, -0.2) is 17.4 Å². The topological polar surface area (TPSA) is 95.1 Å². The number of nitrogens with two attached hydrogens (primary N) is 1. The van der Waals surface area contributed by atoms with Gasteiger partial charge >= 0.3 is 0 Å². The van der Waals surface area contributed by atoms with Crippen molar-refractivity contribution in [2.24, 2.45) is 5.73 Å². The van der Waals surface area contributed by atoms with Crippen LogP contribution < -0.4 is 5.73 Å². The molecule has 1 heterocycles. The molecule has 0 aliphatic rings. The lowest BCUT2D eigenvalue weighted by Gasteiger charge is -1.95. The van der Waals surface area contributed by atoms with E-state index in [1.807, 2.05) is 0 Å². The van der Waals surface area contributed by atoms with Gasteiger partial charge in [0.2, 0.25) is 15.9 Å². The van der Waals surface area contributed by atoms with Crippen molar-refractivity contribution in [3.8, 4) is 0 Å². The summed E-state index contributed by atoms with van der Waals surface area (Å²) in [4.78, 5) is 14.3. The van der Waals surface area contributed by atoms with E-state index in [2.05, 4.69) is 4.98 Å². The first-order chi connectivity index (χ1) is 6.39. The highest BCUT2D eigenvalue weighted by molar-refractivity contribution is 7.89. The van der Waals surface area contributed by atoms with Gasteiger partial charge in [-0.2, -0.15) is 0 Å². The fraction of sp³-hybridized carbons (Fsp3) is 0.429. The van der Waals surface area contributed by atoms with Crippen molar-refractivity contribution >= 4 is 15.9 Å². The Morgan fingerprint density at radius 1 is 1.64 bits per heavy atom. The summed E-state index contributed by atoms with van der Waals surface area (Å²) in [5.41, 5.74) is 5.48. The molecule has 0 saturated carbocycles. The summed E-state index contributed by atoms with van der Waals surface area (Å²) in [6.45, 7) is 0. The Bertz CT molecular complexity index is 435. The zero-order chi connectivity index (χ0) is 10.8. The van der Waals surface area contributed by atoms with Crippen molar-refractivity contribution in [2.45, 2.75) is 12.8 Å². The molecule has 0 aliphatic carbocycles. The van der Waals surface area contributed by atoms with Crippen molar-refractivity contribution in [3.05, 3.63) is 18.2 Å². The van der Waals surface area contributed by atoms with Gasteiger partial charge in [-0.05, 0) is 6.42 Å². The van der Waals surface area contributed by atoms with E-state index in [4.69, 9.17) is 5.73 Å². The van der Waals surface area contributed by atoms with Crippen molar-refractivity contribution in [2.75, 3.05) is 6.26 Å². The van der Waals surface area contributed by atoms with Crippen LogP contribution in [0.3, 0.4) is 0 Å². The first-order valence-corrected chi connectivity index (χ1v) is 5.76. The largest absolute Gasteiger partial charge is 0.370 e. The molecule has 0 fully saturated rings. The minimum absolute atomic E-state index is 0.167. The number of aromatic nitrogens is 2.